The fourth-order valence-electron chi connectivity index (χ4n) is 1.26. The third kappa shape index (κ3) is 2.31. The molecule has 0 aliphatic rings. The number of hydrogen-bond acceptors (Lipinski definition) is 1. The second kappa shape index (κ2) is 4.65. The van der Waals surface area contributed by atoms with E-state index in [1.807, 2.05) is 19.1 Å². The van der Waals surface area contributed by atoms with Gasteiger partial charge in [0.15, 0.2) is 0 Å². The molecule has 0 unspecified atom stereocenters. The summed E-state index contributed by atoms with van der Waals surface area (Å²) in [7, 11) is 0. The van der Waals surface area contributed by atoms with Gasteiger partial charge in [-0.05, 0) is 25.5 Å². The number of allylic oxidation sites excluding steroid dienone is 1. The summed E-state index contributed by atoms with van der Waals surface area (Å²) in [6.45, 7) is 7.87. The van der Waals surface area contributed by atoms with E-state index >= 15 is 0 Å². The molecule has 1 N–H and O–H groups in total. The Morgan fingerprint density at radius 3 is 2.85 bits per heavy atom. The van der Waals surface area contributed by atoms with Gasteiger partial charge in [-0.2, -0.15) is 0 Å². The lowest BCUT2D eigenvalue weighted by Gasteiger charge is -1.88. The first-order valence-corrected chi connectivity index (χ1v) is 4.65. The van der Waals surface area contributed by atoms with Gasteiger partial charge < -0.3 is 4.98 Å². The van der Waals surface area contributed by atoms with Crippen LogP contribution >= 0.6 is 0 Å². The van der Waals surface area contributed by atoms with Crippen LogP contribution in [0, 0.1) is 0 Å². The molecule has 1 heterocycles. The van der Waals surface area contributed by atoms with Gasteiger partial charge in [0, 0.05) is 6.42 Å². The topological polar surface area (TPSA) is 28.7 Å². The van der Waals surface area contributed by atoms with Gasteiger partial charge in [-0.25, -0.2) is 4.98 Å². The van der Waals surface area contributed by atoms with Crippen molar-refractivity contribution >= 4 is 12.2 Å². The first-order valence-electron chi connectivity index (χ1n) is 4.65. The smallest absolute Gasteiger partial charge is 0.107 e. The van der Waals surface area contributed by atoms with Crippen LogP contribution in [-0.2, 0) is 6.42 Å². The van der Waals surface area contributed by atoms with Crippen LogP contribution in [0.1, 0.15) is 37.5 Å². The van der Waals surface area contributed by atoms with Gasteiger partial charge in [0.2, 0.25) is 0 Å². The van der Waals surface area contributed by atoms with E-state index in [0.717, 1.165) is 30.1 Å². The summed E-state index contributed by atoms with van der Waals surface area (Å²) in [5, 5.41) is 0. The third-order valence-electron chi connectivity index (χ3n) is 1.82. The van der Waals surface area contributed by atoms with Crippen molar-refractivity contribution in [2.45, 2.75) is 26.7 Å². The Morgan fingerprint density at radius 1 is 1.54 bits per heavy atom. The molecule has 0 bridgehead atoms. The normalized spacial score (nSPS) is 10.9. The van der Waals surface area contributed by atoms with Crippen molar-refractivity contribution in [1.82, 2.24) is 9.97 Å². The van der Waals surface area contributed by atoms with E-state index < -0.39 is 0 Å². The van der Waals surface area contributed by atoms with Crippen LogP contribution in [-0.4, -0.2) is 9.97 Å². The summed E-state index contributed by atoms with van der Waals surface area (Å²) < 4.78 is 0. The molecule has 0 radical (unpaired) electrons. The van der Waals surface area contributed by atoms with Crippen molar-refractivity contribution < 1.29 is 0 Å². The zero-order valence-electron chi connectivity index (χ0n) is 8.30. The van der Waals surface area contributed by atoms with E-state index in [2.05, 4.69) is 23.5 Å². The molecule has 0 fully saturated rings. The zero-order chi connectivity index (χ0) is 9.68. The molecule has 2 nitrogen and oxygen atoms in total. The SMILES string of the molecule is C=Cc1nc(CCC)[nH]c1/C=C\C. The minimum Gasteiger partial charge on any atom is -0.342 e. The van der Waals surface area contributed by atoms with Crippen molar-refractivity contribution in [3.8, 4) is 0 Å². The minimum absolute atomic E-state index is 0.946. The van der Waals surface area contributed by atoms with Gasteiger partial charge in [-0.15, -0.1) is 0 Å². The molecule has 1 aromatic rings. The molecule has 2 heteroatoms. The maximum absolute atomic E-state index is 4.41. The largest absolute Gasteiger partial charge is 0.342 e. The Bertz CT molecular complexity index is 308. The Morgan fingerprint density at radius 2 is 2.31 bits per heavy atom. The molecule has 0 atom stereocenters. The maximum Gasteiger partial charge on any atom is 0.107 e. The van der Waals surface area contributed by atoms with Crippen LogP contribution in [0.3, 0.4) is 0 Å². The van der Waals surface area contributed by atoms with Gasteiger partial charge in [-0.1, -0.05) is 19.6 Å². The first-order chi connectivity index (χ1) is 6.31. The van der Waals surface area contributed by atoms with Crippen molar-refractivity contribution in [3.63, 3.8) is 0 Å². The lowest BCUT2D eigenvalue weighted by atomic mass is 10.3. The molecule has 1 aromatic heterocycles. The summed E-state index contributed by atoms with van der Waals surface area (Å²) in [5.41, 5.74) is 2.00. The predicted molar refractivity (Wildman–Crippen MR) is 57.4 cm³/mol. The standard InChI is InChI=1S/C11H16N2/c1-4-7-10-9(6-3)12-11(13-10)8-5-2/h4,6-7H,3,5,8H2,1-2H3,(H,12,13)/b7-4-. The summed E-state index contributed by atoms with van der Waals surface area (Å²) in [5.74, 6) is 1.05. The number of aromatic nitrogens is 2. The highest BCUT2D eigenvalue weighted by Gasteiger charge is 2.02. The minimum atomic E-state index is 0.946. The van der Waals surface area contributed by atoms with Crippen LogP contribution in [0.2, 0.25) is 0 Å². The second-order valence-electron chi connectivity index (χ2n) is 2.94. The van der Waals surface area contributed by atoms with E-state index in [4.69, 9.17) is 0 Å². The Kier molecular flexibility index (Phi) is 3.50. The molecule has 0 aliphatic heterocycles. The Hall–Kier alpha value is -1.31. The van der Waals surface area contributed by atoms with Crippen LogP contribution in [0.15, 0.2) is 12.7 Å². The average molecular weight is 176 g/mol. The molecule has 70 valence electrons. The van der Waals surface area contributed by atoms with Crippen LogP contribution in [0.5, 0.6) is 0 Å². The number of nitrogens with zero attached hydrogens (tertiary/aromatic N) is 1. The molecule has 1 rings (SSSR count). The second-order valence-corrected chi connectivity index (χ2v) is 2.94. The van der Waals surface area contributed by atoms with Crippen LogP contribution in [0.25, 0.3) is 12.2 Å². The maximum atomic E-state index is 4.41. The van der Waals surface area contributed by atoms with Crippen molar-refractivity contribution in [2.24, 2.45) is 0 Å². The van der Waals surface area contributed by atoms with Gasteiger partial charge in [0.1, 0.15) is 5.82 Å². The van der Waals surface area contributed by atoms with Gasteiger partial charge in [0.05, 0.1) is 11.4 Å². The van der Waals surface area contributed by atoms with Gasteiger partial charge in [-0.3, -0.25) is 0 Å². The van der Waals surface area contributed by atoms with E-state index in [1.165, 1.54) is 0 Å². The van der Waals surface area contributed by atoms with E-state index in [0.29, 0.717) is 0 Å². The lowest BCUT2D eigenvalue weighted by molar-refractivity contribution is 0.855. The van der Waals surface area contributed by atoms with E-state index in [9.17, 15) is 0 Å². The summed E-state index contributed by atoms with van der Waals surface area (Å²) >= 11 is 0. The Balaban J connectivity index is 2.96. The Labute approximate surface area is 79.4 Å². The van der Waals surface area contributed by atoms with Gasteiger partial charge in [0.25, 0.3) is 0 Å². The van der Waals surface area contributed by atoms with Crippen molar-refractivity contribution in [2.75, 3.05) is 0 Å². The van der Waals surface area contributed by atoms with Crippen LogP contribution in [0.4, 0.5) is 0 Å². The molecular formula is C11H16N2. The fourth-order valence-corrected chi connectivity index (χ4v) is 1.26. The van der Waals surface area contributed by atoms with Crippen LogP contribution < -0.4 is 0 Å². The number of rotatable bonds is 4. The molecule has 0 saturated heterocycles. The number of aryl methyl sites for hydroxylation is 1. The van der Waals surface area contributed by atoms with E-state index in [-0.39, 0.29) is 0 Å². The quantitative estimate of drug-likeness (QED) is 0.750. The molecule has 0 aliphatic carbocycles. The fraction of sp³-hybridized carbons (Fsp3) is 0.364. The summed E-state index contributed by atoms with van der Waals surface area (Å²) in [4.78, 5) is 7.68. The highest BCUT2D eigenvalue weighted by molar-refractivity contribution is 5.58. The number of nitrogens with one attached hydrogen (secondary N) is 1. The number of hydrogen-bond donors (Lipinski definition) is 1. The summed E-state index contributed by atoms with van der Waals surface area (Å²) in [6, 6.07) is 0. The molecule has 0 spiro atoms. The lowest BCUT2D eigenvalue weighted by Crippen LogP contribution is -1.84. The molecule has 0 saturated carbocycles. The molecular weight excluding hydrogens is 160 g/mol. The number of aromatic amines is 1. The third-order valence-corrected chi connectivity index (χ3v) is 1.82. The zero-order valence-corrected chi connectivity index (χ0v) is 8.30. The van der Waals surface area contributed by atoms with Crippen molar-refractivity contribution in [1.29, 1.82) is 0 Å². The van der Waals surface area contributed by atoms with E-state index in [1.54, 1.807) is 6.08 Å². The molecule has 0 amide bonds. The summed E-state index contributed by atoms with van der Waals surface area (Å²) in [6.07, 6.45) is 7.90. The molecule has 0 aromatic carbocycles. The highest BCUT2D eigenvalue weighted by Crippen LogP contribution is 2.10. The van der Waals surface area contributed by atoms with Crippen molar-refractivity contribution in [3.05, 3.63) is 29.9 Å². The van der Waals surface area contributed by atoms with Gasteiger partial charge >= 0.3 is 0 Å². The number of H-pyrrole nitrogens is 1. The highest BCUT2D eigenvalue weighted by atomic mass is 14.9. The predicted octanol–water partition coefficient (Wildman–Crippen LogP) is 3.04. The molecule has 13 heavy (non-hydrogen) atoms. The monoisotopic (exact) mass is 176 g/mol. The number of imidazole rings is 1. The first kappa shape index (κ1) is 9.78. The average Bonchev–Trinajstić information content (AvgIpc) is 2.49.